The highest BCUT2D eigenvalue weighted by Crippen LogP contribution is 2.24. The smallest absolute Gasteiger partial charge is 0.268 e. The Bertz CT molecular complexity index is 856. The first-order valence-corrected chi connectivity index (χ1v) is 8.63. The van der Waals surface area contributed by atoms with Crippen molar-refractivity contribution >= 4 is 17.5 Å². The number of pyridine rings is 1. The quantitative estimate of drug-likeness (QED) is 0.721. The Balaban J connectivity index is 1.83. The molecule has 0 fully saturated rings. The van der Waals surface area contributed by atoms with E-state index in [0.717, 1.165) is 23.2 Å². The van der Waals surface area contributed by atoms with Crippen molar-refractivity contribution in [3.8, 4) is 11.1 Å². The average molecular weight is 354 g/mol. The molecule has 0 saturated carbocycles. The van der Waals surface area contributed by atoms with Crippen molar-refractivity contribution < 1.29 is 4.79 Å². The first-order valence-electron chi connectivity index (χ1n) is 8.25. The summed E-state index contributed by atoms with van der Waals surface area (Å²) in [5.74, 6) is -0.0987. The normalized spacial score (nSPS) is 12.0. The Morgan fingerprint density at radius 2 is 2.00 bits per heavy atom. The van der Waals surface area contributed by atoms with Crippen molar-refractivity contribution in [2.75, 3.05) is 0 Å². The summed E-state index contributed by atoms with van der Waals surface area (Å²) < 4.78 is 1.95. The fraction of sp³-hybridized carbons (Fsp3) is 0.200. The lowest BCUT2D eigenvalue weighted by molar-refractivity contribution is 0.0930. The number of aromatic nitrogens is 2. The first-order chi connectivity index (χ1) is 12.1. The highest BCUT2D eigenvalue weighted by molar-refractivity contribution is 6.30. The molecule has 3 aromatic rings. The van der Waals surface area contributed by atoms with Gasteiger partial charge >= 0.3 is 0 Å². The summed E-state index contributed by atoms with van der Waals surface area (Å²) in [6.45, 7) is 4.69. The van der Waals surface area contributed by atoms with E-state index in [1.165, 1.54) is 0 Å². The second kappa shape index (κ2) is 7.53. The number of rotatable bonds is 5. The Morgan fingerprint density at radius 3 is 2.64 bits per heavy atom. The third-order valence-corrected chi connectivity index (χ3v) is 4.43. The number of carbonyl (C=O) groups is 1. The molecule has 0 unspecified atom stereocenters. The van der Waals surface area contributed by atoms with Crippen molar-refractivity contribution in [1.82, 2.24) is 14.9 Å². The molecule has 25 heavy (non-hydrogen) atoms. The molecule has 0 radical (unpaired) electrons. The molecule has 1 aromatic carbocycles. The molecule has 0 aliphatic heterocycles. The number of halogens is 1. The van der Waals surface area contributed by atoms with Crippen LogP contribution in [0.3, 0.4) is 0 Å². The molecule has 5 heteroatoms. The number of nitrogens with zero attached hydrogens (tertiary/aromatic N) is 2. The van der Waals surface area contributed by atoms with Crippen LogP contribution in [0, 0.1) is 0 Å². The number of aryl methyl sites for hydroxylation is 1. The second-order valence-corrected chi connectivity index (χ2v) is 6.32. The maximum Gasteiger partial charge on any atom is 0.268 e. The van der Waals surface area contributed by atoms with Crippen LogP contribution in [0.2, 0.25) is 5.02 Å². The number of hydrogen-bond donors (Lipinski definition) is 1. The van der Waals surface area contributed by atoms with Gasteiger partial charge in [0.2, 0.25) is 0 Å². The summed E-state index contributed by atoms with van der Waals surface area (Å²) in [5, 5.41) is 3.74. The molecular weight excluding hydrogens is 334 g/mol. The molecule has 128 valence electrons. The third kappa shape index (κ3) is 3.91. The average Bonchev–Trinajstić information content (AvgIpc) is 3.07. The van der Waals surface area contributed by atoms with Crippen LogP contribution >= 0.6 is 11.6 Å². The molecule has 2 aromatic heterocycles. The van der Waals surface area contributed by atoms with Gasteiger partial charge in [0.25, 0.3) is 5.91 Å². The molecule has 4 nitrogen and oxygen atoms in total. The van der Waals surface area contributed by atoms with E-state index in [2.05, 4.69) is 10.3 Å². The second-order valence-electron chi connectivity index (χ2n) is 5.89. The topological polar surface area (TPSA) is 46.9 Å². The Hall–Kier alpha value is -2.59. The van der Waals surface area contributed by atoms with Crippen molar-refractivity contribution in [2.45, 2.75) is 26.4 Å². The zero-order chi connectivity index (χ0) is 17.8. The van der Waals surface area contributed by atoms with Crippen LogP contribution in [0.25, 0.3) is 11.1 Å². The number of carbonyl (C=O) groups excluding carboxylic acids is 1. The molecule has 1 amide bonds. The van der Waals surface area contributed by atoms with Crippen LogP contribution in [0.4, 0.5) is 0 Å². The monoisotopic (exact) mass is 353 g/mol. The summed E-state index contributed by atoms with van der Waals surface area (Å²) in [7, 11) is 0. The number of amides is 1. The predicted octanol–water partition coefficient (Wildman–Crippen LogP) is 4.71. The Kier molecular flexibility index (Phi) is 5.19. The minimum Gasteiger partial charge on any atom is -0.344 e. The third-order valence-electron chi connectivity index (χ3n) is 4.18. The minimum absolute atomic E-state index is 0.0987. The molecule has 0 aliphatic carbocycles. The Morgan fingerprint density at radius 1 is 1.24 bits per heavy atom. The molecule has 0 bridgehead atoms. The van der Waals surface area contributed by atoms with Gasteiger partial charge in [-0.3, -0.25) is 9.78 Å². The summed E-state index contributed by atoms with van der Waals surface area (Å²) in [4.78, 5) is 16.8. The molecule has 0 saturated heterocycles. The van der Waals surface area contributed by atoms with Gasteiger partial charge in [-0.1, -0.05) is 29.8 Å². The van der Waals surface area contributed by atoms with Crippen molar-refractivity contribution in [3.05, 3.63) is 77.3 Å². The standard InChI is InChI=1S/C20H20ClN3O/c1-3-24-13-17(15-6-8-18(21)9-7-15)11-19(24)20(25)23-14(2)16-5-4-10-22-12-16/h4-14H,3H2,1-2H3,(H,23,25)/t14-/m1/s1. The number of nitrogens with one attached hydrogen (secondary N) is 1. The van der Waals surface area contributed by atoms with Gasteiger partial charge < -0.3 is 9.88 Å². The van der Waals surface area contributed by atoms with Crippen molar-refractivity contribution in [1.29, 1.82) is 0 Å². The summed E-state index contributed by atoms with van der Waals surface area (Å²) in [6, 6.07) is 13.2. The highest BCUT2D eigenvalue weighted by Gasteiger charge is 2.16. The lowest BCUT2D eigenvalue weighted by Crippen LogP contribution is -2.28. The van der Waals surface area contributed by atoms with Gasteiger partial charge in [-0.25, -0.2) is 0 Å². The van der Waals surface area contributed by atoms with Crippen molar-refractivity contribution in [2.24, 2.45) is 0 Å². The zero-order valence-electron chi connectivity index (χ0n) is 14.2. The summed E-state index contributed by atoms with van der Waals surface area (Å²) in [5.41, 5.74) is 3.65. The van der Waals surface area contributed by atoms with Crippen molar-refractivity contribution in [3.63, 3.8) is 0 Å². The van der Waals surface area contributed by atoms with Crippen LogP contribution in [-0.4, -0.2) is 15.5 Å². The SMILES string of the molecule is CCn1cc(-c2ccc(Cl)cc2)cc1C(=O)N[C@H](C)c1cccnc1. The van der Waals surface area contributed by atoms with Crippen LogP contribution in [0.5, 0.6) is 0 Å². The predicted molar refractivity (Wildman–Crippen MR) is 101 cm³/mol. The van der Waals surface area contributed by atoms with Gasteiger partial charge in [0.15, 0.2) is 0 Å². The van der Waals surface area contributed by atoms with Gasteiger partial charge in [0, 0.05) is 35.7 Å². The minimum atomic E-state index is -0.111. The lowest BCUT2D eigenvalue weighted by atomic mass is 10.1. The first kappa shape index (κ1) is 17.2. The van der Waals surface area contributed by atoms with Crippen LogP contribution in [0.15, 0.2) is 61.1 Å². The number of hydrogen-bond acceptors (Lipinski definition) is 2. The highest BCUT2D eigenvalue weighted by atomic mass is 35.5. The molecule has 0 aliphatic rings. The summed E-state index contributed by atoms with van der Waals surface area (Å²) >= 11 is 5.95. The Labute approximate surface area is 152 Å². The lowest BCUT2D eigenvalue weighted by Gasteiger charge is -2.14. The van der Waals surface area contributed by atoms with E-state index in [1.807, 2.05) is 67.1 Å². The van der Waals surface area contributed by atoms with Crippen LogP contribution in [0.1, 0.15) is 35.9 Å². The van der Waals surface area contributed by atoms with Crippen LogP contribution in [-0.2, 0) is 6.54 Å². The molecule has 2 heterocycles. The van der Waals surface area contributed by atoms with Gasteiger partial charge in [0.05, 0.1) is 6.04 Å². The molecule has 0 spiro atoms. The van der Waals surface area contributed by atoms with E-state index in [4.69, 9.17) is 11.6 Å². The fourth-order valence-electron chi connectivity index (χ4n) is 2.75. The molecular formula is C20H20ClN3O. The van der Waals surface area contributed by atoms with Gasteiger partial charge in [0.1, 0.15) is 5.69 Å². The van der Waals surface area contributed by atoms with E-state index in [1.54, 1.807) is 12.4 Å². The molecule has 3 rings (SSSR count). The largest absolute Gasteiger partial charge is 0.344 e. The fourth-order valence-corrected chi connectivity index (χ4v) is 2.87. The van der Waals surface area contributed by atoms with Crippen LogP contribution < -0.4 is 5.32 Å². The molecule has 1 N–H and O–H groups in total. The summed E-state index contributed by atoms with van der Waals surface area (Å²) in [6.07, 6.45) is 5.48. The van der Waals surface area contributed by atoms with E-state index in [-0.39, 0.29) is 11.9 Å². The van der Waals surface area contributed by atoms with Gasteiger partial charge in [-0.05, 0) is 49.2 Å². The van der Waals surface area contributed by atoms with E-state index >= 15 is 0 Å². The van der Waals surface area contributed by atoms with Gasteiger partial charge in [-0.15, -0.1) is 0 Å². The van der Waals surface area contributed by atoms with Gasteiger partial charge in [-0.2, -0.15) is 0 Å². The molecule has 1 atom stereocenters. The maximum atomic E-state index is 12.7. The van der Waals surface area contributed by atoms with E-state index < -0.39 is 0 Å². The van der Waals surface area contributed by atoms with E-state index in [9.17, 15) is 4.79 Å². The zero-order valence-corrected chi connectivity index (χ0v) is 15.0. The maximum absolute atomic E-state index is 12.7. The number of benzene rings is 1. The van der Waals surface area contributed by atoms with E-state index in [0.29, 0.717) is 10.7 Å².